The zero-order valence-corrected chi connectivity index (χ0v) is 12.8. The molecule has 1 saturated carbocycles. The summed E-state index contributed by atoms with van der Waals surface area (Å²) in [6.07, 6.45) is 7.59. The number of amides is 1. The first kappa shape index (κ1) is 14.1. The predicted octanol–water partition coefficient (Wildman–Crippen LogP) is 3.14. The summed E-state index contributed by atoms with van der Waals surface area (Å²) in [6.45, 7) is 2.78. The van der Waals surface area contributed by atoms with E-state index in [9.17, 15) is 4.79 Å². The van der Waals surface area contributed by atoms with E-state index < -0.39 is 0 Å². The minimum atomic E-state index is 0.183. The van der Waals surface area contributed by atoms with Gasteiger partial charge in [0.2, 0.25) is 11.0 Å². The summed E-state index contributed by atoms with van der Waals surface area (Å²) < 4.78 is 0. The Balaban J connectivity index is 1.83. The number of aromatic nitrogens is 3. The van der Waals surface area contributed by atoms with Crippen molar-refractivity contribution >= 4 is 22.4 Å². The van der Waals surface area contributed by atoms with Crippen LogP contribution in [0.3, 0.4) is 0 Å². The average molecular weight is 302 g/mol. The van der Waals surface area contributed by atoms with Crippen LogP contribution in [-0.2, 0) is 4.79 Å². The van der Waals surface area contributed by atoms with Gasteiger partial charge in [0.05, 0.1) is 0 Å². The van der Waals surface area contributed by atoms with Gasteiger partial charge < -0.3 is 0 Å². The Morgan fingerprint density at radius 1 is 1.43 bits per heavy atom. The number of anilines is 1. The van der Waals surface area contributed by atoms with E-state index in [-0.39, 0.29) is 11.8 Å². The van der Waals surface area contributed by atoms with Crippen molar-refractivity contribution in [3.05, 3.63) is 24.5 Å². The van der Waals surface area contributed by atoms with Crippen LogP contribution in [0.4, 0.5) is 5.13 Å². The van der Waals surface area contributed by atoms with Gasteiger partial charge in [-0.15, -0.1) is 10.2 Å². The summed E-state index contributed by atoms with van der Waals surface area (Å²) in [6, 6.07) is 3.83. The molecule has 21 heavy (non-hydrogen) atoms. The summed E-state index contributed by atoms with van der Waals surface area (Å²) in [5.41, 5.74) is 0.939. The number of hydrogen-bond donors (Lipinski definition) is 0. The average Bonchev–Trinajstić information content (AvgIpc) is 2.93. The second kappa shape index (κ2) is 6.30. The van der Waals surface area contributed by atoms with Gasteiger partial charge in [-0.05, 0) is 31.4 Å². The summed E-state index contributed by atoms with van der Waals surface area (Å²) in [5.74, 6) is 0.388. The number of nitrogens with zero attached hydrogens (tertiary/aromatic N) is 4. The molecule has 2 aromatic rings. The Kier molecular flexibility index (Phi) is 4.24. The van der Waals surface area contributed by atoms with E-state index >= 15 is 0 Å². The molecule has 0 spiro atoms. The van der Waals surface area contributed by atoms with Crippen molar-refractivity contribution in [2.24, 2.45) is 5.92 Å². The second-order valence-electron chi connectivity index (χ2n) is 5.25. The van der Waals surface area contributed by atoms with Gasteiger partial charge in [-0.25, -0.2) is 0 Å². The minimum absolute atomic E-state index is 0.183. The molecule has 0 bridgehead atoms. The van der Waals surface area contributed by atoms with Gasteiger partial charge in [0, 0.05) is 30.4 Å². The van der Waals surface area contributed by atoms with E-state index in [1.54, 1.807) is 17.3 Å². The highest BCUT2D eigenvalue weighted by Crippen LogP contribution is 2.33. The molecular formula is C15H18N4OS. The first-order valence-electron chi connectivity index (χ1n) is 7.35. The standard InChI is InChI=1S/C15H18N4OS/c1-2-9-19(14(20)11-5-3-6-11)15-18-17-13(21-15)12-7-4-8-16-10-12/h4,7-8,10-11H,2-3,5-6,9H2,1H3. The van der Waals surface area contributed by atoms with Crippen LogP contribution in [0.1, 0.15) is 32.6 Å². The van der Waals surface area contributed by atoms with E-state index in [0.717, 1.165) is 36.3 Å². The molecule has 1 fully saturated rings. The third kappa shape index (κ3) is 2.95. The largest absolute Gasteiger partial charge is 0.286 e. The van der Waals surface area contributed by atoms with Crippen LogP contribution < -0.4 is 4.90 Å². The molecular weight excluding hydrogens is 284 g/mol. The van der Waals surface area contributed by atoms with Gasteiger partial charge in [0.15, 0.2) is 5.01 Å². The quantitative estimate of drug-likeness (QED) is 0.851. The lowest BCUT2D eigenvalue weighted by molar-refractivity contribution is -0.124. The normalized spacial score (nSPS) is 14.7. The van der Waals surface area contributed by atoms with Crippen molar-refractivity contribution in [2.75, 3.05) is 11.4 Å². The number of pyridine rings is 1. The summed E-state index contributed by atoms with van der Waals surface area (Å²) in [4.78, 5) is 18.4. The molecule has 6 heteroatoms. The molecule has 0 N–H and O–H groups in total. The second-order valence-corrected chi connectivity index (χ2v) is 6.21. The smallest absolute Gasteiger partial charge is 0.231 e. The molecule has 2 aromatic heterocycles. The molecule has 0 atom stereocenters. The van der Waals surface area contributed by atoms with E-state index in [4.69, 9.17) is 0 Å². The lowest BCUT2D eigenvalue weighted by Gasteiger charge is -2.29. The molecule has 1 aliphatic carbocycles. The third-order valence-corrected chi connectivity index (χ3v) is 4.72. The number of rotatable bonds is 5. The van der Waals surface area contributed by atoms with Crippen molar-refractivity contribution < 1.29 is 4.79 Å². The van der Waals surface area contributed by atoms with Gasteiger partial charge in [-0.1, -0.05) is 24.7 Å². The predicted molar refractivity (Wildman–Crippen MR) is 83.1 cm³/mol. The maximum atomic E-state index is 12.5. The molecule has 5 nitrogen and oxygen atoms in total. The lowest BCUT2D eigenvalue weighted by atomic mass is 9.84. The first-order chi connectivity index (χ1) is 10.3. The van der Waals surface area contributed by atoms with Crippen LogP contribution in [0, 0.1) is 5.92 Å². The SMILES string of the molecule is CCCN(C(=O)C1CCC1)c1nnc(-c2cccnc2)s1. The Morgan fingerprint density at radius 2 is 2.29 bits per heavy atom. The molecule has 0 saturated heterocycles. The molecule has 1 aliphatic rings. The Morgan fingerprint density at radius 3 is 2.90 bits per heavy atom. The molecule has 0 aromatic carbocycles. The van der Waals surface area contributed by atoms with Gasteiger partial charge in [-0.3, -0.25) is 14.7 Å². The summed E-state index contributed by atoms with van der Waals surface area (Å²) in [7, 11) is 0. The number of carbonyl (C=O) groups is 1. The number of carbonyl (C=O) groups excluding carboxylic acids is 1. The molecule has 3 rings (SSSR count). The van der Waals surface area contributed by atoms with Gasteiger partial charge in [0.1, 0.15) is 0 Å². The van der Waals surface area contributed by atoms with E-state index in [1.807, 2.05) is 12.1 Å². The molecule has 0 unspecified atom stereocenters. The maximum Gasteiger partial charge on any atom is 0.231 e. The van der Waals surface area contributed by atoms with Crippen LogP contribution >= 0.6 is 11.3 Å². The maximum absolute atomic E-state index is 12.5. The van der Waals surface area contributed by atoms with E-state index in [1.165, 1.54) is 11.3 Å². The minimum Gasteiger partial charge on any atom is -0.286 e. The zero-order valence-electron chi connectivity index (χ0n) is 12.0. The Hall–Kier alpha value is -1.82. The van der Waals surface area contributed by atoms with Crippen LogP contribution in [0.15, 0.2) is 24.5 Å². The summed E-state index contributed by atoms with van der Waals surface area (Å²) in [5, 5.41) is 9.94. The third-order valence-electron chi connectivity index (χ3n) is 3.72. The molecule has 110 valence electrons. The van der Waals surface area contributed by atoms with Crippen LogP contribution in [0.5, 0.6) is 0 Å². The highest BCUT2D eigenvalue weighted by atomic mass is 32.1. The highest BCUT2D eigenvalue weighted by molar-refractivity contribution is 7.18. The molecule has 0 radical (unpaired) electrons. The van der Waals surface area contributed by atoms with Gasteiger partial charge in [0.25, 0.3) is 0 Å². The molecule has 0 aliphatic heterocycles. The molecule has 2 heterocycles. The monoisotopic (exact) mass is 302 g/mol. The highest BCUT2D eigenvalue weighted by Gasteiger charge is 2.31. The fourth-order valence-corrected chi connectivity index (χ4v) is 3.20. The lowest BCUT2D eigenvalue weighted by Crippen LogP contribution is -2.39. The Bertz CT molecular complexity index is 609. The summed E-state index contributed by atoms with van der Waals surface area (Å²) >= 11 is 1.46. The van der Waals surface area contributed by atoms with E-state index in [0.29, 0.717) is 11.7 Å². The Labute approximate surface area is 128 Å². The van der Waals surface area contributed by atoms with Crippen molar-refractivity contribution in [1.29, 1.82) is 0 Å². The molecule has 1 amide bonds. The van der Waals surface area contributed by atoms with Gasteiger partial charge >= 0.3 is 0 Å². The topological polar surface area (TPSA) is 59.0 Å². The van der Waals surface area contributed by atoms with Crippen LogP contribution in [-0.4, -0.2) is 27.6 Å². The van der Waals surface area contributed by atoms with Crippen molar-refractivity contribution in [1.82, 2.24) is 15.2 Å². The number of hydrogen-bond acceptors (Lipinski definition) is 5. The van der Waals surface area contributed by atoms with Crippen molar-refractivity contribution in [3.63, 3.8) is 0 Å². The van der Waals surface area contributed by atoms with Crippen molar-refractivity contribution in [3.8, 4) is 10.6 Å². The van der Waals surface area contributed by atoms with Crippen LogP contribution in [0.25, 0.3) is 10.6 Å². The van der Waals surface area contributed by atoms with Gasteiger partial charge in [-0.2, -0.15) is 0 Å². The van der Waals surface area contributed by atoms with Crippen molar-refractivity contribution in [2.45, 2.75) is 32.6 Å². The van der Waals surface area contributed by atoms with Crippen LogP contribution in [0.2, 0.25) is 0 Å². The first-order valence-corrected chi connectivity index (χ1v) is 8.16. The van der Waals surface area contributed by atoms with E-state index in [2.05, 4.69) is 22.1 Å². The fourth-order valence-electron chi connectivity index (χ4n) is 2.33. The fraction of sp³-hybridized carbons (Fsp3) is 0.467. The zero-order chi connectivity index (χ0) is 14.7.